The van der Waals surface area contributed by atoms with Gasteiger partial charge in [-0.3, -0.25) is 9.59 Å². The molecule has 1 atom stereocenters. The van der Waals surface area contributed by atoms with Crippen molar-refractivity contribution in [3.63, 3.8) is 0 Å². The SMILES string of the molecule is CC1=C2C(=O)C(O)=C(c3ccoc3)C2(C)CCC1=O. The predicted octanol–water partition coefficient (Wildman–Crippen LogP) is 2.82. The minimum absolute atomic E-state index is 0.0120. The van der Waals surface area contributed by atoms with Crippen molar-refractivity contribution in [3.05, 3.63) is 41.1 Å². The predicted molar refractivity (Wildman–Crippen MR) is 68.3 cm³/mol. The maximum Gasteiger partial charge on any atom is 0.224 e. The first-order valence-corrected chi connectivity index (χ1v) is 6.22. The summed E-state index contributed by atoms with van der Waals surface area (Å²) < 4.78 is 5.04. The molecule has 1 aromatic heterocycles. The monoisotopic (exact) mass is 258 g/mol. The maximum atomic E-state index is 12.3. The number of Topliss-reactive ketones (excluding diaryl/α,β-unsaturated/α-hetero) is 2. The Bertz CT molecular complexity index is 646. The van der Waals surface area contributed by atoms with E-state index in [2.05, 4.69) is 0 Å². The highest BCUT2D eigenvalue weighted by Crippen LogP contribution is 2.55. The van der Waals surface area contributed by atoms with Crippen LogP contribution in [0.15, 0.2) is 39.9 Å². The fraction of sp³-hybridized carbons (Fsp3) is 0.333. The second kappa shape index (κ2) is 3.70. The van der Waals surface area contributed by atoms with E-state index in [9.17, 15) is 14.7 Å². The van der Waals surface area contributed by atoms with E-state index >= 15 is 0 Å². The summed E-state index contributed by atoms with van der Waals surface area (Å²) in [6.45, 7) is 3.57. The van der Waals surface area contributed by atoms with E-state index in [1.54, 1.807) is 13.0 Å². The average Bonchev–Trinajstić information content (AvgIpc) is 2.93. The zero-order valence-electron chi connectivity index (χ0n) is 10.8. The maximum absolute atomic E-state index is 12.3. The summed E-state index contributed by atoms with van der Waals surface area (Å²) in [5.41, 5.74) is 1.60. The van der Waals surface area contributed by atoms with Gasteiger partial charge < -0.3 is 9.52 Å². The normalized spacial score (nSPS) is 27.3. The Hall–Kier alpha value is -2.10. The number of aliphatic hydroxyl groups excluding tert-OH is 1. The van der Waals surface area contributed by atoms with Crippen LogP contribution in [0.25, 0.3) is 5.57 Å². The zero-order valence-corrected chi connectivity index (χ0v) is 10.8. The Labute approximate surface area is 110 Å². The quantitative estimate of drug-likeness (QED) is 0.841. The molecule has 0 saturated carbocycles. The molecule has 2 aliphatic rings. The number of rotatable bonds is 1. The summed E-state index contributed by atoms with van der Waals surface area (Å²) in [5.74, 6) is -0.695. The Kier molecular flexibility index (Phi) is 2.33. The summed E-state index contributed by atoms with van der Waals surface area (Å²) in [5, 5.41) is 10.2. The van der Waals surface area contributed by atoms with Crippen molar-refractivity contribution in [2.45, 2.75) is 26.7 Å². The number of ketones is 2. The molecule has 2 aliphatic carbocycles. The topological polar surface area (TPSA) is 67.5 Å². The van der Waals surface area contributed by atoms with Gasteiger partial charge in [0, 0.05) is 34.1 Å². The lowest BCUT2D eigenvalue weighted by Crippen LogP contribution is -2.28. The van der Waals surface area contributed by atoms with E-state index in [1.165, 1.54) is 12.5 Å². The van der Waals surface area contributed by atoms with Gasteiger partial charge in [-0.15, -0.1) is 0 Å². The summed E-state index contributed by atoms with van der Waals surface area (Å²) >= 11 is 0. The van der Waals surface area contributed by atoms with Crippen molar-refractivity contribution in [2.75, 3.05) is 0 Å². The molecule has 4 heteroatoms. The van der Waals surface area contributed by atoms with E-state index in [-0.39, 0.29) is 11.5 Å². The Morgan fingerprint density at radius 1 is 1.32 bits per heavy atom. The molecule has 19 heavy (non-hydrogen) atoms. The summed E-state index contributed by atoms with van der Waals surface area (Å²) in [4.78, 5) is 24.1. The Morgan fingerprint density at radius 3 is 2.68 bits per heavy atom. The van der Waals surface area contributed by atoms with Gasteiger partial charge in [0.05, 0.1) is 12.5 Å². The van der Waals surface area contributed by atoms with Gasteiger partial charge in [-0.05, 0) is 19.4 Å². The number of carbonyl (C=O) groups excluding carboxylic acids is 2. The fourth-order valence-electron chi connectivity index (χ4n) is 3.26. The molecule has 1 heterocycles. The Balaban J connectivity index is 2.28. The van der Waals surface area contributed by atoms with E-state index in [0.29, 0.717) is 35.1 Å². The number of furan rings is 1. The highest BCUT2D eigenvalue weighted by Gasteiger charge is 2.51. The van der Waals surface area contributed by atoms with Crippen molar-refractivity contribution < 1.29 is 19.1 Å². The molecule has 4 nitrogen and oxygen atoms in total. The molecular formula is C15H14O4. The smallest absolute Gasteiger partial charge is 0.224 e. The Morgan fingerprint density at radius 2 is 2.05 bits per heavy atom. The van der Waals surface area contributed by atoms with Gasteiger partial charge in [0.25, 0.3) is 0 Å². The molecule has 0 aliphatic heterocycles. The minimum Gasteiger partial charge on any atom is -0.504 e. The van der Waals surface area contributed by atoms with Gasteiger partial charge in [0.15, 0.2) is 11.5 Å². The molecule has 1 aromatic rings. The number of hydrogen-bond acceptors (Lipinski definition) is 4. The van der Waals surface area contributed by atoms with Crippen LogP contribution in [-0.4, -0.2) is 16.7 Å². The fourth-order valence-corrected chi connectivity index (χ4v) is 3.26. The van der Waals surface area contributed by atoms with E-state index < -0.39 is 11.2 Å². The van der Waals surface area contributed by atoms with Gasteiger partial charge in [-0.2, -0.15) is 0 Å². The zero-order chi connectivity index (χ0) is 13.8. The van der Waals surface area contributed by atoms with Crippen LogP contribution in [-0.2, 0) is 9.59 Å². The lowest BCUT2D eigenvalue weighted by Gasteiger charge is -2.32. The standard InChI is InChI=1S/C15H14O4/c1-8-10(16)3-5-15(2)11(8)13(17)14(18)12(15)9-4-6-19-7-9/h4,6-7,18H,3,5H2,1-2H3. The van der Waals surface area contributed by atoms with Crippen LogP contribution in [0.5, 0.6) is 0 Å². The van der Waals surface area contributed by atoms with Crippen LogP contribution in [0.2, 0.25) is 0 Å². The third kappa shape index (κ3) is 1.40. The van der Waals surface area contributed by atoms with Crippen molar-refractivity contribution in [2.24, 2.45) is 5.41 Å². The van der Waals surface area contributed by atoms with Crippen LogP contribution in [0.3, 0.4) is 0 Å². The first-order chi connectivity index (χ1) is 8.97. The summed E-state index contributed by atoms with van der Waals surface area (Å²) in [6, 6.07) is 1.72. The summed E-state index contributed by atoms with van der Waals surface area (Å²) in [7, 11) is 0. The minimum atomic E-state index is -0.594. The largest absolute Gasteiger partial charge is 0.504 e. The lowest BCUT2D eigenvalue weighted by molar-refractivity contribution is -0.119. The number of aliphatic hydroxyl groups is 1. The second-order valence-electron chi connectivity index (χ2n) is 5.32. The third-order valence-electron chi connectivity index (χ3n) is 4.24. The molecule has 0 radical (unpaired) electrons. The molecule has 98 valence electrons. The first kappa shape index (κ1) is 12.0. The van der Waals surface area contributed by atoms with Crippen LogP contribution in [0.1, 0.15) is 32.3 Å². The molecule has 1 N–H and O–H groups in total. The van der Waals surface area contributed by atoms with E-state index in [0.717, 1.165) is 0 Å². The van der Waals surface area contributed by atoms with E-state index in [4.69, 9.17) is 4.42 Å². The van der Waals surface area contributed by atoms with E-state index in [1.807, 2.05) is 6.92 Å². The van der Waals surface area contributed by atoms with Crippen molar-refractivity contribution >= 4 is 17.1 Å². The molecule has 1 unspecified atom stereocenters. The number of fused-ring (bicyclic) bond motifs is 1. The van der Waals surface area contributed by atoms with Crippen LogP contribution in [0.4, 0.5) is 0 Å². The van der Waals surface area contributed by atoms with Crippen LogP contribution in [0, 0.1) is 5.41 Å². The lowest BCUT2D eigenvalue weighted by atomic mass is 9.68. The number of carbonyl (C=O) groups is 2. The average molecular weight is 258 g/mol. The van der Waals surface area contributed by atoms with Crippen molar-refractivity contribution in [1.82, 2.24) is 0 Å². The highest BCUT2D eigenvalue weighted by atomic mass is 16.3. The molecule has 0 bridgehead atoms. The molecule has 0 fully saturated rings. The molecular weight excluding hydrogens is 244 g/mol. The number of allylic oxidation sites excluding steroid dienone is 3. The van der Waals surface area contributed by atoms with Gasteiger partial charge in [-0.25, -0.2) is 0 Å². The highest BCUT2D eigenvalue weighted by molar-refractivity contribution is 6.23. The molecule has 0 spiro atoms. The van der Waals surface area contributed by atoms with Gasteiger partial charge in [0.2, 0.25) is 5.78 Å². The second-order valence-corrected chi connectivity index (χ2v) is 5.32. The molecule has 0 aromatic carbocycles. The van der Waals surface area contributed by atoms with Gasteiger partial charge >= 0.3 is 0 Å². The third-order valence-corrected chi connectivity index (χ3v) is 4.24. The van der Waals surface area contributed by atoms with Crippen molar-refractivity contribution in [1.29, 1.82) is 0 Å². The summed E-state index contributed by atoms with van der Waals surface area (Å²) in [6.07, 6.45) is 3.95. The van der Waals surface area contributed by atoms with Crippen molar-refractivity contribution in [3.8, 4) is 0 Å². The number of hydrogen-bond donors (Lipinski definition) is 1. The van der Waals surface area contributed by atoms with Crippen LogP contribution < -0.4 is 0 Å². The van der Waals surface area contributed by atoms with Gasteiger partial charge in [-0.1, -0.05) is 6.92 Å². The van der Waals surface area contributed by atoms with Crippen LogP contribution >= 0.6 is 0 Å². The molecule has 3 rings (SSSR count). The molecule has 0 amide bonds. The van der Waals surface area contributed by atoms with Gasteiger partial charge in [0.1, 0.15) is 0 Å². The first-order valence-electron chi connectivity index (χ1n) is 6.22. The molecule has 0 saturated heterocycles.